The molecular weight excluding hydrogens is 405 g/mol. The first-order valence-corrected chi connectivity index (χ1v) is 10.6. The van der Waals surface area contributed by atoms with Crippen LogP contribution in [0, 0.1) is 0 Å². The first kappa shape index (κ1) is 19.9. The van der Waals surface area contributed by atoms with E-state index in [4.69, 9.17) is 0 Å². The first-order chi connectivity index (χ1) is 15.0. The molecular formula is C20H24FN7O3. The van der Waals surface area contributed by atoms with Crippen LogP contribution < -0.4 is 15.5 Å². The lowest BCUT2D eigenvalue weighted by Gasteiger charge is -2.26. The van der Waals surface area contributed by atoms with Crippen LogP contribution in [0.1, 0.15) is 44.1 Å². The van der Waals surface area contributed by atoms with E-state index in [0.29, 0.717) is 41.6 Å². The van der Waals surface area contributed by atoms with Crippen molar-refractivity contribution in [3.8, 4) is 0 Å². The summed E-state index contributed by atoms with van der Waals surface area (Å²) < 4.78 is 15.4. The number of alkyl halides is 1. The van der Waals surface area contributed by atoms with Gasteiger partial charge in [0, 0.05) is 23.7 Å². The monoisotopic (exact) mass is 429 g/mol. The molecule has 11 heteroatoms. The number of aliphatic hydroxyl groups is 1. The number of fused-ring (bicyclic) bond motifs is 1. The molecule has 164 valence electrons. The molecule has 2 saturated heterocycles. The molecule has 1 saturated carbocycles. The van der Waals surface area contributed by atoms with Crippen molar-refractivity contribution in [2.45, 2.75) is 56.8 Å². The molecule has 0 bridgehead atoms. The summed E-state index contributed by atoms with van der Waals surface area (Å²) in [5, 5.41) is 19.7. The molecule has 2 aromatic heterocycles. The van der Waals surface area contributed by atoms with Gasteiger partial charge in [-0.3, -0.25) is 14.9 Å². The molecule has 2 aromatic rings. The predicted molar refractivity (Wildman–Crippen MR) is 110 cm³/mol. The Hall–Kier alpha value is -3.08. The lowest BCUT2D eigenvalue weighted by Crippen LogP contribution is -2.30. The molecule has 31 heavy (non-hydrogen) atoms. The minimum absolute atomic E-state index is 0.0132. The van der Waals surface area contributed by atoms with Gasteiger partial charge in [-0.15, -0.1) is 0 Å². The number of imide groups is 1. The number of carbonyl (C=O) groups is 2. The summed E-state index contributed by atoms with van der Waals surface area (Å²) in [6.45, 7) is 0.754. The Labute approximate surface area is 177 Å². The maximum absolute atomic E-state index is 13.9. The number of amides is 2. The standard InChI is InChI=1S/C20H24FN7O3/c21-13-5-6-27(10-13)20-26-19(23-14-1-3-15(29)4-2-14)25-17-12(9-22-28(17)20)7-11-8-16(30)24-18(11)31/h7,9,13-15,29H,1-6,8,10H2,(H,23,25)(H,24,30,31)/b11-7+. The fourth-order valence-corrected chi connectivity index (χ4v) is 4.36. The van der Waals surface area contributed by atoms with E-state index in [1.54, 1.807) is 16.8 Å². The molecule has 3 N–H and O–H groups in total. The third-order valence-corrected chi connectivity index (χ3v) is 6.05. The van der Waals surface area contributed by atoms with E-state index in [0.717, 1.165) is 25.7 Å². The second kappa shape index (κ2) is 7.88. The lowest BCUT2D eigenvalue weighted by molar-refractivity contribution is -0.124. The first-order valence-electron chi connectivity index (χ1n) is 10.6. The van der Waals surface area contributed by atoms with Gasteiger partial charge in [0.05, 0.1) is 25.3 Å². The minimum Gasteiger partial charge on any atom is -0.393 e. The Morgan fingerprint density at radius 1 is 1.19 bits per heavy atom. The quantitative estimate of drug-likeness (QED) is 0.482. The van der Waals surface area contributed by atoms with Crippen LogP contribution >= 0.6 is 0 Å². The van der Waals surface area contributed by atoms with Crippen LogP contribution in [0.5, 0.6) is 0 Å². The molecule has 2 amide bonds. The third kappa shape index (κ3) is 3.97. The zero-order valence-electron chi connectivity index (χ0n) is 16.9. The van der Waals surface area contributed by atoms with Crippen molar-refractivity contribution in [1.29, 1.82) is 0 Å². The number of nitrogens with zero attached hydrogens (tertiary/aromatic N) is 5. The molecule has 0 radical (unpaired) electrons. The van der Waals surface area contributed by atoms with E-state index in [-0.39, 0.29) is 31.0 Å². The van der Waals surface area contributed by atoms with Gasteiger partial charge in [-0.25, -0.2) is 4.39 Å². The Kier molecular flexibility index (Phi) is 5.05. The molecule has 5 rings (SSSR count). The van der Waals surface area contributed by atoms with E-state index in [1.807, 2.05) is 4.90 Å². The van der Waals surface area contributed by atoms with Gasteiger partial charge in [-0.1, -0.05) is 0 Å². The summed E-state index contributed by atoms with van der Waals surface area (Å²) >= 11 is 0. The summed E-state index contributed by atoms with van der Waals surface area (Å²) in [6.07, 6.45) is 5.48. The third-order valence-electron chi connectivity index (χ3n) is 6.05. The average molecular weight is 429 g/mol. The smallest absolute Gasteiger partial charge is 0.254 e. The second-order valence-electron chi connectivity index (χ2n) is 8.39. The molecule has 1 unspecified atom stereocenters. The molecule has 3 aliphatic rings. The van der Waals surface area contributed by atoms with E-state index < -0.39 is 12.1 Å². The Morgan fingerprint density at radius 3 is 2.68 bits per heavy atom. The maximum atomic E-state index is 13.9. The van der Waals surface area contributed by atoms with Crippen LogP contribution in [-0.4, -0.2) is 67.9 Å². The van der Waals surface area contributed by atoms with Crippen molar-refractivity contribution in [3.63, 3.8) is 0 Å². The van der Waals surface area contributed by atoms with E-state index in [9.17, 15) is 19.1 Å². The van der Waals surface area contributed by atoms with Gasteiger partial charge in [0.2, 0.25) is 17.8 Å². The van der Waals surface area contributed by atoms with Crippen LogP contribution in [0.15, 0.2) is 11.8 Å². The fourth-order valence-electron chi connectivity index (χ4n) is 4.36. The fraction of sp³-hybridized carbons (Fsp3) is 0.550. The molecule has 4 heterocycles. The SMILES string of the molecule is O=C1C/C(=C\c2cnn3c(N4CCC(F)C4)nc(NC4CCC(O)CC4)nc23)C(=O)N1. The van der Waals surface area contributed by atoms with Gasteiger partial charge in [-0.05, 0) is 38.2 Å². The number of anilines is 2. The highest BCUT2D eigenvalue weighted by Gasteiger charge is 2.28. The van der Waals surface area contributed by atoms with Crippen molar-refractivity contribution >= 4 is 35.4 Å². The summed E-state index contributed by atoms with van der Waals surface area (Å²) in [4.78, 5) is 34.6. The van der Waals surface area contributed by atoms with Crippen LogP contribution in [0.3, 0.4) is 0 Å². The van der Waals surface area contributed by atoms with Gasteiger partial charge >= 0.3 is 0 Å². The van der Waals surface area contributed by atoms with Gasteiger partial charge in [0.25, 0.3) is 5.91 Å². The number of aromatic nitrogens is 4. The van der Waals surface area contributed by atoms with Crippen molar-refractivity contribution in [2.75, 3.05) is 23.3 Å². The van der Waals surface area contributed by atoms with Crippen molar-refractivity contribution in [3.05, 3.63) is 17.3 Å². The number of aliphatic hydroxyl groups excluding tert-OH is 1. The van der Waals surface area contributed by atoms with Gasteiger partial charge < -0.3 is 15.3 Å². The molecule has 3 fully saturated rings. The number of hydrogen-bond acceptors (Lipinski definition) is 8. The highest BCUT2D eigenvalue weighted by atomic mass is 19.1. The number of rotatable bonds is 4. The van der Waals surface area contributed by atoms with Gasteiger partial charge in [-0.2, -0.15) is 19.6 Å². The van der Waals surface area contributed by atoms with Crippen molar-refractivity contribution in [2.24, 2.45) is 0 Å². The Bertz CT molecular complexity index is 1060. The summed E-state index contributed by atoms with van der Waals surface area (Å²) in [5.74, 6) is 0.131. The summed E-state index contributed by atoms with van der Waals surface area (Å²) in [5.41, 5.74) is 1.41. The zero-order chi connectivity index (χ0) is 21.5. The van der Waals surface area contributed by atoms with Crippen molar-refractivity contribution in [1.82, 2.24) is 24.9 Å². The molecule has 1 aliphatic carbocycles. The van der Waals surface area contributed by atoms with Gasteiger partial charge in [0.15, 0.2) is 5.65 Å². The molecule has 1 atom stereocenters. The Balaban J connectivity index is 1.53. The minimum atomic E-state index is -0.924. The lowest BCUT2D eigenvalue weighted by atomic mass is 9.93. The van der Waals surface area contributed by atoms with Crippen LogP contribution in [0.2, 0.25) is 0 Å². The van der Waals surface area contributed by atoms with Crippen LogP contribution in [0.25, 0.3) is 11.7 Å². The topological polar surface area (TPSA) is 125 Å². The molecule has 10 nitrogen and oxygen atoms in total. The highest BCUT2D eigenvalue weighted by molar-refractivity contribution is 6.15. The van der Waals surface area contributed by atoms with Crippen LogP contribution in [-0.2, 0) is 9.59 Å². The normalized spacial score (nSPS) is 28.0. The summed E-state index contributed by atoms with van der Waals surface area (Å²) in [6, 6.07) is 0.133. The zero-order valence-corrected chi connectivity index (χ0v) is 16.9. The summed E-state index contributed by atoms with van der Waals surface area (Å²) in [7, 11) is 0. The largest absolute Gasteiger partial charge is 0.393 e. The predicted octanol–water partition coefficient (Wildman–Crippen LogP) is 0.818. The number of carbonyl (C=O) groups excluding carboxylic acids is 2. The van der Waals surface area contributed by atoms with E-state index in [1.165, 1.54) is 0 Å². The van der Waals surface area contributed by atoms with Crippen molar-refractivity contribution < 1.29 is 19.1 Å². The highest BCUT2D eigenvalue weighted by Crippen LogP contribution is 2.27. The number of nitrogens with one attached hydrogen (secondary N) is 2. The average Bonchev–Trinajstić information content (AvgIpc) is 3.43. The Morgan fingerprint density at radius 2 is 2.00 bits per heavy atom. The van der Waals surface area contributed by atoms with E-state index >= 15 is 0 Å². The molecule has 2 aliphatic heterocycles. The second-order valence-corrected chi connectivity index (χ2v) is 8.39. The van der Waals surface area contributed by atoms with E-state index in [2.05, 4.69) is 25.7 Å². The molecule has 0 spiro atoms. The van der Waals surface area contributed by atoms with Crippen LogP contribution in [0.4, 0.5) is 16.3 Å². The van der Waals surface area contributed by atoms with Gasteiger partial charge in [0.1, 0.15) is 6.17 Å². The number of hydrogen-bond donors (Lipinski definition) is 3. The molecule has 0 aromatic carbocycles. The number of halogens is 1. The maximum Gasteiger partial charge on any atom is 0.254 e.